The molecule has 2 heterocycles. The third-order valence-corrected chi connectivity index (χ3v) is 8.04. The van der Waals surface area contributed by atoms with Crippen molar-refractivity contribution in [1.29, 1.82) is 0 Å². The Morgan fingerprint density at radius 1 is 1.10 bits per heavy atom. The number of nitrogens with zero attached hydrogens (tertiary/aromatic N) is 2. The van der Waals surface area contributed by atoms with Crippen molar-refractivity contribution in [2.24, 2.45) is 5.92 Å². The van der Waals surface area contributed by atoms with Gasteiger partial charge in [0.25, 0.3) is 5.91 Å². The minimum absolute atomic E-state index is 0.0606. The Bertz CT molecular complexity index is 881. The van der Waals surface area contributed by atoms with Crippen molar-refractivity contribution in [3.63, 3.8) is 0 Å². The van der Waals surface area contributed by atoms with Gasteiger partial charge in [0, 0.05) is 26.2 Å². The van der Waals surface area contributed by atoms with E-state index in [2.05, 4.69) is 0 Å². The Hall–Kier alpha value is -1.64. The molecule has 0 radical (unpaired) electrons. The second-order valence-corrected chi connectivity index (χ2v) is 10.4. The van der Waals surface area contributed by atoms with Gasteiger partial charge < -0.3 is 9.64 Å². The van der Waals surface area contributed by atoms with Gasteiger partial charge in [0.1, 0.15) is 4.90 Å². The smallest absolute Gasteiger partial charge is 0.338 e. The molecule has 3 rings (SSSR count). The van der Waals surface area contributed by atoms with Crippen LogP contribution in [0.3, 0.4) is 0 Å². The lowest BCUT2D eigenvalue weighted by atomic mass is 10.0. The molecular weight excluding hydrogens is 428 g/mol. The van der Waals surface area contributed by atoms with Crippen LogP contribution in [0.4, 0.5) is 0 Å². The lowest BCUT2D eigenvalue weighted by Gasteiger charge is -2.30. The summed E-state index contributed by atoms with van der Waals surface area (Å²) in [4.78, 5) is 26.4. The molecule has 2 aliphatic heterocycles. The molecule has 30 heavy (non-hydrogen) atoms. The lowest BCUT2D eigenvalue weighted by Crippen LogP contribution is -2.39. The topological polar surface area (TPSA) is 84.0 Å². The van der Waals surface area contributed by atoms with Crippen LogP contribution in [0.25, 0.3) is 0 Å². The average molecular weight is 457 g/mol. The van der Waals surface area contributed by atoms with Crippen LogP contribution in [0, 0.1) is 5.92 Å². The summed E-state index contributed by atoms with van der Waals surface area (Å²) in [5.74, 6) is -0.696. The zero-order valence-corrected chi connectivity index (χ0v) is 18.9. The first kappa shape index (κ1) is 23.0. The highest BCUT2D eigenvalue weighted by Crippen LogP contribution is 2.29. The summed E-state index contributed by atoms with van der Waals surface area (Å²) in [6.45, 7) is 3.87. The largest absolute Gasteiger partial charge is 0.452 e. The number of hydrogen-bond acceptors (Lipinski definition) is 5. The van der Waals surface area contributed by atoms with E-state index in [0.717, 1.165) is 38.5 Å². The second kappa shape index (κ2) is 10.1. The third-order valence-electron chi connectivity index (χ3n) is 5.69. The van der Waals surface area contributed by atoms with Crippen molar-refractivity contribution >= 4 is 33.5 Å². The summed E-state index contributed by atoms with van der Waals surface area (Å²) >= 11 is 6.17. The molecule has 0 spiro atoms. The molecule has 1 amide bonds. The van der Waals surface area contributed by atoms with Crippen LogP contribution < -0.4 is 0 Å². The number of rotatable bonds is 5. The third kappa shape index (κ3) is 5.53. The molecule has 0 N–H and O–H groups in total. The molecule has 1 aromatic rings. The number of esters is 1. The van der Waals surface area contributed by atoms with Gasteiger partial charge in [-0.3, -0.25) is 4.79 Å². The van der Waals surface area contributed by atoms with Crippen molar-refractivity contribution in [2.75, 3.05) is 32.8 Å². The Morgan fingerprint density at radius 3 is 2.47 bits per heavy atom. The fraction of sp³-hybridized carbons (Fsp3) is 0.619. The van der Waals surface area contributed by atoms with Crippen LogP contribution in [-0.4, -0.2) is 62.3 Å². The second-order valence-electron chi connectivity index (χ2n) is 8.13. The zero-order valence-electron chi connectivity index (χ0n) is 17.3. The van der Waals surface area contributed by atoms with Crippen LogP contribution >= 0.6 is 11.6 Å². The van der Waals surface area contributed by atoms with Crippen LogP contribution in [0.1, 0.15) is 55.8 Å². The molecule has 1 atom stereocenters. The maximum atomic E-state index is 13.1. The molecule has 2 saturated heterocycles. The standard InChI is InChI=1S/C21H29ClN2O5S/c1-16-7-6-12-24(14-16)30(27,28)19-13-17(8-9-18(19)22)21(26)29-15-20(25)23-10-4-2-3-5-11-23/h8-9,13,16H,2-7,10-12,14-15H2,1H3. The van der Waals surface area contributed by atoms with Crippen LogP contribution in [0.2, 0.25) is 5.02 Å². The minimum atomic E-state index is -3.82. The highest BCUT2D eigenvalue weighted by atomic mass is 35.5. The maximum Gasteiger partial charge on any atom is 0.338 e. The quantitative estimate of drug-likeness (QED) is 0.634. The van der Waals surface area contributed by atoms with Gasteiger partial charge in [-0.15, -0.1) is 0 Å². The van der Waals surface area contributed by atoms with Crippen LogP contribution in [0.5, 0.6) is 0 Å². The highest BCUT2D eigenvalue weighted by molar-refractivity contribution is 7.89. The summed E-state index contributed by atoms with van der Waals surface area (Å²) in [6, 6.07) is 4.05. The molecule has 1 unspecified atom stereocenters. The predicted molar refractivity (Wildman–Crippen MR) is 114 cm³/mol. The number of likely N-dealkylation sites (tertiary alicyclic amines) is 1. The number of piperidine rings is 1. The van der Waals surface area contributed by atoms with Gasteiger partial charge in [0.15, 0.2) is 6.61 Å². The van der Waals surface area contributed by atoms with Gasteiger partial charge in [-0.25, -0.2) is 13.2 Å². The molecule has 2 fully saturated rings. The van der Waals surface area contributed by atoms with E-state index in [-0.39, 0.29) is 33.9 Å². The normalized spacial score (nSPS) is 21.1. The van der Waals surface area contributed by atoms with Gasteiger partial charge in [0.2, 0.25) is 10.0 Å². The number of amides is 1. The van der Waals surface area contributed by atoms with Gasteiger partial charge in [-0.05, 0) is 49.8 Å². The number of ether oxygens (including phenoxy) is 1. The lowest BCUT2D eigenvalue weighted by molar-refractivity contribution is -0.134. The Morgan fingerprint density at radius 2 is 1.80 bits per heavy atom. The Kier molecular flexibility index (Phi) is 7.76. The number of halogens is 1. The summed E-state index contributed by atoms with van der Waals surface area (Å²) in [6.07, 6.45) is 5.87. The first-order valence-electron chi connectivity index (χ1n) is 10.5. The number of benzene rings is 1. The molecule has 0 saturated carbocycles. The average Bonchev–Trinajstić information content (AvgIpc) is 3.01. The minimum Gasteiger partial charge on any atom is -0.452 e. The van der Waals surface area contributed by atoms with Crippen molar-refractivity contribution in [2.45, 2.75) is 50.3 Å². The molecule has 0 aromatic heterocycles. The van der Waals surface area contributed by atoms with Crippen molar-refractivity contribution in [1.82, 2.24) is 9.21 Å². The molecule has 7 nitrogen and oxygen atoms in total. The van der Waals surface area contributed by atoms with E-state index >= 15 is 0 Å². The van der Waals surface area contributed by atoms with E-state index in [0.29, 0.717) is 26.2 Å². The van der Waals surface area contributed by atoms with Gasteiger partial charge in [-0.1, -0.05) is 31.4 Å². The summed E-state index contributed by atoms with van der Waals surface area (Å²) < 4.78 is 32.7. The van der Waals surface area contributed by atoms with Gasteiger partial charge in [-0.2, -0.15) is 4.31 Å². The van der Waals surface area contributed by atoms with Crippen molar-refractivity contribution in [3.8, 4) is 0 Å². The van der Waals surface area contributed by atoms with Crippen LogP contribution in [0.15, 0.2) is 23.1 Å². The summed E-state index contributed by atoms with van der Waals surface area (Å²) in [7, 11) is -3.82. The predicted octanol–water partition coefficient (Wildman–Crippen LogP) is 3.32. The fourth-order valence-electron chi connectivity index (χ4n) is 3.95. The van der Waals surface area contributed by atoms with Gasteiger partial charge >= 0.3 is 5.97 Å². The molecule has 0 bridgehead atoms. The van der Waals surface area contributed by atoms with Crippen LogP contribution in [-0.2, 0) is 19.6 Å². The van der Waals surface area contributed by atoms with E-state index in [1.54, 1.807) is 4.90 Å². The maximum absolute atomic E-state index is 13.1. The zero-order chi connectivity index (χ0) is 21.7. The number of hydrogen-bond donors (Lipinski definition) is 0. The monoisotopic (exact) mass is 456 g/mol. The Labute approximate surface area is 183 Å². The highest BCUT2D eigenvalue weighted by Gasteiger charge is 2.31. The SMILES string of the molecule is CC1CCCN(S(=O)(=O)c2cc(C(=O)OCC(=O)N3CCCCCC3)ccc2Cl)C1. The van der Waals surface area contributed by atoms with E-state index < -0.39 is 16.0 Å². The molecule has 0 aliphatic carbocycles. The van der Waals surface area contributed by atoms with E-state index in [9.17, 15) is 18.0 Å². The summed E-state index contributed by atoms with van der Waals surface area (Å²) in [5, 5.41) is 0.0606. The molecule has 166 valence electrons. The van der Waals surface area contributed by atoms with Crippen molar-refractivity contribution in [3.05, 3.63) is 28.8 Å². The van der Waals surface area contributed by atoms with E-state index in [1.165, 1.54) is 22.5 Å². The number of carbonyl (C=O) groups excluding carboxylic acids is 2. The number of carbonyl (C=O) groups is 2. The fourth-order valence-corrected chi connectivity index (χ4v) is 6.05. The summed E-state index contributed by atoms with van der Waals surface area (Å²) in [5.41, 5.74) is 0.0618. The van der Waals surface area contributed by atoms with Crippen molar-refractivity contribution < 1.29 is 22.7 Å². The molecule has 1 aromatic carbocycles. The van der Waals surface area contributed by atoms with E-state index in [1.807, 2.05) is 6.92 Å². The molecule has 9 heteroatoms. The van der Waals surface area contributed by atoms with Gasteiger partial charge in [0.05, 0.1) is 10.6 Å². The first-order valence-corrected chi connectivity index (χ1v) is 12.4. The van der Waals surface area contributed by atoms with E-state index in [4.69, 9.17) is 16.3 Å². The number of sulfonamides is 1. The molecular formula is C21H29ClN2O5S. The first-order chi connectivity index (χ1) is 14.3. The Balaban J connectivity index is 1.69. The molecule has 2 aliphatic rings.